The van der Waals surface area contributed by atoms with Gasteiger partial charge in [-0.15, -0.1) is 0 Å². The van der Waals surface area contributed by atoms with Crippen molar-refractivity contribution in [3.8, 4) is 16.9 Å². The van der Waals surface area contributed by atoms with Crippen molar-refractivity contribution in [3.05, 3.63) is 101 Å². The van der Waals surface area contributed by atoms with Crippen LogP contribution in [0.15, 0.2) is 94.1 Å². The third kappa shape index (κ3) is 4.93. The van der Waals surface area contributed by atoms with E-state index in [4.69, 9.17) is 9.15 Å². The van der Waals surface area contributed by atoms with E-state index in [2.05, 4.69) is 5.32 Å². The van der Waals surface area contributed by atoms with E-state index >= 15 is 0 Å². The van der Waals surface area contributed by atoms with E-state index in [1.54, 1.807) is 48.5 Å². The number of amides is 1. The summed E-state index contributed by atoms with van der Waals surface area (Å²) in [5, 5.41) is 12.7. The molecule has 0 aliphatic heterocycles. The molecule has 0 fully saturated rings. The molecule has 2 atom stereocenters. The van der Waals surface area contributed by atoms with Crippen LogP contribution in [0, 0.1) is 0 Å². The van der Waals surface area contributed by atoms with Crippen molar-refractivity contribution in [1.29, 1.82) is 0 Å². The molecule has 0 aliphatic rings. The third-order valence-corrected chi connectivity index (χ3v) is 5.15. The number of carbonyl (C=O) groups is 2. The van der Waals surface area contributed by atoms with E-state index in [0.717, 1.165) is 16.5 Å². The van der Waals surface area contributed by atoms with E-state index in [1.165, 1.54) is 13.0 Å². The molecule has 0 radical (unpaired) electrons. The second-order valence-electron chi connectivity index (χ2n) is 7.45. The number of rotatable bonds is 7. The second kappa shape index (κ2) is 9.40. The van der Waals surface area contributed by atoms with Gasteiger partial charge in [0.1, 0.15) is 11.3 Å². The van der Waals surface area contributed by atoms with Crippen molar-refractivity contribution in [2.75, 3.05) is 0 Å². The molecule has 7 heteroatoms. The Balaban J connectivity index is 1.55. The largest absolute Gasteiger partial charge is 0.481 e. The Morgan fingerprint density at radius 3 is 2.27 bits per heavy atom. The Labute approximate surface area is 189 Å². The number of carboxylic acid groups (broad SMARTS) is 1. The van der Waals surface area contributed by atoms with Gasteiger partial charge in [0.05, 0.1) is 0 Å². The SMILES string of the molecule is C[C@H](Oc1ccc2c(-c3ccccc3)cc(=O)oc2c1)C(=O)NC(C(=O)O)c1ccccc1. The van der Waals surface area contributed by atoms with Gasteiger partial charge in [-0.3, -0.25) is 4.79 Å². The van der Waals surface area contributed by atoms with Crippen LogP contribution in [0.5, 0.6) is 5.75 Å². The summed E-state index contributed by atoms with van der Waals surface area (Å²) in [4.78, 5) is 36.4. The normalized spacial score (nSPS) is 12.6. The number of fused-ring (bicyclic) bond motifs is 1. The predicted octanol–water partition coefficient (Wildman–Crippen LogP) is 4.17. The number of hydrogen-bond donors (Lipinski definition) is 2. The van der Waals surface area contributed by atoms with Crippen LogP contribution in [0.2, 0.25) is 0 Å². The van der Waals surface area contributed by atoms with Crippen LogP contribution in [0.1, 0.15) is 18.5 Å². The van der Waals surface area contributed by atoms with Crippen molar-refractivity contribution in [3.63, 3.8) is 0 Å². The summed E-state index contributed by atoms with van der Waals surface area (Å²) in [6, 6.07) is 23.1. The zero-order valence-corrected chi connectivity index (χ0v) is 17.7. The van der Waals surface area contributed by atoms with Gasteiger partial charge in [-0.05, 0) is 35.7 Å². The van der Waals surface area contributed by atoms with E-state index in [-0.39, 0.29) is 0 Å². The minimum absolute atomic E-state index is 0.310. The second-order valence-corrected chi connectivity index (χ2v) is 7.45. The fourth-order valence-electron chi connectivity index (χ4n) is 3.52. The molecule has 0 bridgehead atoms. The maximum atomic E-state index is 12.6. The van der Waals surface area contributed by atoms with Gasteiger partial charge in [0.25, 0.3) is 5.91 Å². The zero-order valence-electron chi connectivity index (χ0n) is 17.7. The van der Waals surface area contributed by atoms with Crippen LogP contribution in [0.4, 0.5) is 0 Å². The lowest BCUT2D eigenvalue weighted by Crippen LogP contribution is -2.41. The molecule has 0 aliphatic carbocycles. The molecular weight excluding hydrogens is 422 g/mol. The van der Waals surface area contributed by atoms with Gasteiger partial charge in [-0.1, -0.05) is 60.7 Å². The smallest absolute Gasteiger partial charge is 0.336 e. The highest BCUT2D eigenvalue weighted by atomic mass is 16.5. The maximum absolute atomic E-state index is 12.6. The first-order chi connectivity index (χ1) is 15.9. The first kappa shape index (κ1) is 21.8. The van der Waals surface area contributed by atoms with Crippen LogP contribution < -0.4 is 15.7 Å². The molecule has 1 heterocycles. The Bertz CT molecular complexity index is 1350. The predicted molar refractivity (Wildman–Crippen MR) is 123 cm³/mol. The molecule has 0 spiro atoms. The molecule has 3 aromatic carbocycles. The van der Waals surface area contributed by atoms with Crippen LogP contribution in [0.3, 0.4) is 0 Å². The van der Waals surface area contributed by atoms with Crippen molar-refractivity contribution < 1.29 is 23.8 Å². The number of nitrogens with one attached hydrogen (secondary N) is 1. The van der Waals surface area contributed by atoms with E-state index in [0.29, 0.717) is 16.9 Å². The van der Waals surface area contributed by atoms with E-state index in [9.17, 15) is 19.5 Å². The van der Waals surface area contributed by atoms with Gasteiger partial charge in [-0.2, -0.15) is 0 Å². The monoisotopic (exact) mass is 443 g/mol. The van der Waals surface area contributed by atoms with Crippen molar-refractivity contribution in [1.82, 2.24) is 5.32 Å². The molecule has 0 saturated heterocycles. The summed E-state index contributed by atoms with van der Waals surface area (Å²) in [5.41, 5.74) is 1.87. The average molecular weight is 443 g/mol. The van der Waals surface area contributed by atoms with Crippen molar-refractivity contribution in [2.45, 2.75) is 19.1 Å². The Morgan fingerprint density at radius 2 is 1.61 bits per heavy atom. The fourth-order valence-corrected chi connectivity index (χ4v) is 3.52. The summed E-state index contributed by atoms with van der Waals surface area (Å²) in [6.07, 6.45) is -0.989. The summed E-state index contributed by atoms with van der Waals surface area (Å²) in [5.74, 6) is -1.46. The van der Waals surface area contributed by atoms with Gasteiger partial charge in [-0.25, -0.2) is 9.59 Å². The zero-order chi connectivity index (χ0) is 23.4. The molecule has 2 N–H and O–H groups in total. The van der Waals surface area contributed by atoms with Crippen LogP contribution in [0.25, 0.3) is 22.1 Å². The van der Waals surface area contributed by atoms with Gasteiger partial charge in [0.15, 0.2) is 12.1 Å². The van der Waals surface area contributed by atoms with Crippen LogP contribution >= 0.6 is 0 Å². The molecular formula is C26H21NO6. The lowest BCUT2D eigenvalue weighted by atomic mass is 10.0. The molecule has 0 saturated carbocycles. The molecule has 7 nitrogen and oxygen atoms in total. The molecule has 4 rings (SSSR count). The minimum Gasteiger partial charge on any atom is -0.481 e. The first-order valence-corrected chi connectivity index (χ1v) is 10.3. The van der Waals surface area contributed by atoms with Gasteiger partial charge >= 0.3 is 11.6 Å². The molecule has 166 valence electrons. The Hall–Kier alpha value is -4.39. The standard InChI is InChI=1S/C26H21NO6/c1-16(25(29)27-24(26(30)31)18-10-6-3-7-11-18)32-19-12-13-20-21(17-8-4-2-5-9-17)15-23(28)33-22(20)14-19/h2-16,24H,1H3,(H,27,29)(H,30,31)/t16-,24?/m0/s1. The molecule has 1 aromatic heterocycles. The molecule has 1 amide bonds. The lowest BCUT2D eigenvalue weighted by Gasteiger charge is -2.19. The number of hydrogen-bond acceptors (Lipinski definition) is 5. The summed E-state index contributed by atoms with van der Waals surface area (Å²) in [6.45, 7) is 1.51. The first-order valence-electron chi connectivity index (χ1n) is 10.3. The van der Waals surface area contributed by atoms with Gasteiger partial charge < -0.3 is 19.6 Å². The summed E-state index contributed by atoms with van der Waals surface area (Å²) < 4.78 is 11.1. The number of ether oxygens (including phenoxy) is 1. The highest BCUT2D eigenvalue weighted by Gasteiger charge is 2.25. The van der Waals surface area contributed by atoms with Gasteiger partial charge in [0, 0.05) is 17.5 Å². The molecule has 1 unspecified atom stereocenters. The quantitative estimate of drug-likeness (QED) is 0.415. The average Bonchev–Trinajstić information content (AvgIpc) is 2.82. The number of benzene rings is 3. The van der Waals surface area contributed by atoms with Crippen LogP contribution in [-0.2, 0) is 9.59 Å². The topological polar surface area (TPSA) is 106 Å². The number of carboxylic acids is 1. The van der Waals surface area contributed by atoms with Crippen molar-refractivity contribution in [2.24, 2.45) is 0 Å². The van der Waals surface area contributed by atoms with Crippen LogP contribution in [-0.4, -0.2) is 23.1 Å². The van der Waals surface area contributed by atoms with Crippen molar-refractivity contribution >= 4 is 22.8 Å². The fraction of sp³-hybridized carbons (Fsp3) is 0.115. The number of aliphatic carboxylic acids is 1. The molecule has 4 aromatic rings. The lowest BCUT2D eigenvalue weighted by molar-refractivity contribution is -0.143. The highest BCUT2D eigenvalue weighted by Crippen LogP contribution is 2.30. The summed E-state index contributed by atoms with van der Waals surface area (Å²) >= 11 is 0. The Kier molecular flexibility index (Phi) is 6.22. The third-order valence-electron chi connectivity index (χ3n) is 5.15. The van der Waals surface area contributed by atoms with E-state index < -0.39 is 29.6 Å². The number of carbonyl (C=O) groups excluding carboxylic acids is 1. The highest BCUT2D eigenvalue weighted by molar-refractivity contribution is 5.94. The maximum Gasteiger partial charge on any atom is 0.336 e. The minimum atomic E-state index is -1.20. The Morgan fingerprint density at radius 1 is 0.939 bits per heavy atom. The van der Waals surface area contributed by atoms with E-state index in [1.807, 2.05) is 30.3 Å². The molecule has 33 heavy (non-hydrogen) atoms. The van der Waals surface area contributed by atoms with Gasteiger partial charge in [0.2, 0.25) is 0 Å². The summed E-state index contributed by atoms with van der Waals surface area (Å²) in [7, 11) is 0.